The van der Waals surface area contributed by atoms with Gasteiger partial charge in [-0.15, -0.1) is 0 Å². The van der Waals surface area contributed by atoms with Gasteiger partial charge in [-0.25, -0.2) is 0 Å². The van der Waals surface area contributed by atoms with Crippen molar-refractivity contribution in [2.24, 2.45) is 0 Å². The highest BCUT2D eigenvalue weighted by Gasteiger charge is 2.51. The van der Waals surface area contributed by atoms with Crippen LogP contribution in [0.25, 0.3) is 0 Å². The van der Waals surface area contributed by atoms with E-state index in [-0.39, 0.29) is 18.3 Å². The minimum atomic E-state index is -0.293. The van der Waals surface area contributed by atoms with Crippen molar-refractivity contribution in [2.75, 3.05) is 0 Å². The zero-order valence-electron chi connectivity index (χ0n) is 12.5. The molecule has 3 nitrogen and oxygen atoms in total. The van der Waals surface area contributed by atoms with Crippen LogP contribution in [0.15, 0.2) is 12.3 Å². The van der Waals surface area contributed by atoms with Crippen molar-refractivity contribution in [1.82, 2.24) is 4.98 Å². The second-order valence-corrected chi connectivity index (χ2v) is 6.84. The summed E-state index contributed by atoms with van der Waals surface area (Å²) in [5.74, 6) is 0.586. The second-order valence-electron chi connectivity index (χ2n) is 6.84. The van der Waals surface area contributed by atoms with Crippen LogP contribution in [0.4, 0.5) is 0 Å². The van der Waals surface area contributed by atoms with Crippen molar-refractivity contribution < 1.29 is 9.31 Å². The number of nitrogens with zero attached hydrogens (tertiary/aromatic N) is 1. The largest absolute Gasteiger partial charge is 0.496 e. The molecule has 1 aromatic rings. The van der Waals surface area contributed by atoms with Gasteiger partial charge in [-0.1, -0.05) is 13.0 Å². The summed E-state index contributed by atoms with van der Waals surface area (Å²) in [6.07, 6.45) is 4.24. The first kappa shape index (κ1) is 13.1. The van der Waals surface area contributed by atoms with Crippen molar-refractivity contribution in [2.45, 2.75) is 64.6 Å². The Kier molecular flexibility index (Phi) is 2.81. The molecule has 19 heavy (non-hydrogen) atoms. The van der Waals surface area contributed by atoms with Crippen LogP contribution in [0.2, 0.25) is 0 Å². The Labute approximate surface area is 115 Å². The molecule has 102 valence electrons. The van der Waals surface area contributed by atoms with Gasteiger partial charge in [0.25, 0.3) is 0 Å². The Morgan fingerprint density at radius 2 is 1.84 bits per heavy atom. The highest BCUT2D eigenvalue weighted by molar-refractivity contribution is 6.62. The van der Waals surface area contributed by atoms with Crippen LogP contribution in [-0.2, 0) is 15.7 Å². The fourth-order valence-corrected chi connectivity index (χ4v) is 2.80. The Bertz CT molecular complexity index is 497. The van der Waals surface area contributed by atoms with Crippen molar-refractivity contribution in [3.05, 3.63) is 23.5 Å². The van der Waals surface area contributed by atoms with Crippen molar-refractivity contribution in [1.29, 1.82) is 0 Å². The van der Waals surface area contributed by atoms with E-state index >= 15 is 0 Å². The summed E-state index contributed by atoms with van der Waals surface area (Å²) < 4.78 is 12.1. The van der Waals surface area contributed by atoms with Crippen molar-refractivity contribution >= 4 is 12.6 Å². The minimum absolute atomic E-state index is 0.288. The molecule has 1 aliphatic carbocycles. The van der Waals surface area contributed by atoms with Gasteiger partial charge in [0.05, 0.1) is 11.2 Å². The van der Waals surface area contributed by atoms with Gasteiger partial charge in [0.15, 0.2) is 0 Å². The first-order valence-corrected chi connectivity index (χ1v) is 7.14. The molecule has 0 aromatic carbocycles. The fourth-order valence-electron chi connectivity index (χ4n) is 2.80. The van der Waals surface area contributed by atoms with E-state index in [1.165, 1.54) is 17.7 Å². The molecule has 0 radical (unpaired) electrons. The molecule has 0 spiro atoms. The quantitative estimate of drug-likeness (QED) is 0.726. The van der Waals surface area contributed by atoms with Crippen LogP contribution in [-0.4, -0.2) is 23.3 Å². The SMILES string of the molecule is CC1CCc2cc(B3OC(C)(C)C(C)(C)O3)cnc21. The van der Waals surface area contributed by atoms with Crippen LogP contribution in [0.5, 0.6) is 0 Å². The lowest BCUT2D eigenvalue weighted by atomic mass is 9.79. The summed E-state index contributed by atoms with van der Waals surface area (Å²) in [5.41, 5.74) is 3.08. The normalized spacial score (nSPS) is 27.6. The highest BCUT2D eigenvalue weighted by atomic mass is 16.7. The average molecular weight is 259 g/mol. The molecule has 2 heterocycles. The number of fused-ring (bicyclic) bond motifs is 1. The van der Waals surface area contributed by atoms with Gasteiger partial charge in [-0.05, 0) is 52.0 Å². The maximum Gasteiger partial charge on any atom is 0.496 e. The first-order chi connectivity index (χ1) is 8.80. The number of aromatic nitrogens is 1. The number of hydrogen-bond donors (Lipinski definition) is 0. The van der Waals surface area contributed by atoms with E-state index < -0.39 is 0 Å². The molecular weight excluding hydrogens is 237 g/mol. The van der Waals surface area contributed by atoms with Crippen LogP contribution < -0.4 is 5.46 Å². The molecule has 0 N–H and O–H groups in total. The Balaban J connectivity index is 1.89. The third kappa shape index (κ3) is 2.02. The molecule has 1 saturated heterocycles. The average Bonchev–Trinajstić information content (AvgIpc) is 2.78. The van der Waals surface area contributed by atoms with E-state index in [9.17, 15) is 0 Å². The maximum atomic E-state index is 6.07. The van der Waals surface area contributed by atoms with E-state index in [2.05, 4.69) is 45.7 Å². The zero-order valence-corrected chi connectivity index (χ0v) is 12.5. The van der Waals surface area contributed by atoms with E-state index in [1.54, 1.807) is 0 Å². The van der Waals surface area contributed by atoms with Crippen LogP contribution in [0, 0.1) is 0 Å². The maximum absolute atomic E-state index is 6.07. The molecule has 2 aliphatic rings. The molecule has 1 fully saturated rings. The predicted molar refractivity (Wildman–Crippen MR) is 76.7 cm³/mol. The van der Waals surface area contributed by atoms with Gasteiger partial charge >= 0.3 is 7.12 Å². The highest BCUT2D eigenvalue weighted by Crippen LogP contribution is 2.37. The van der Waals surface area contributed by atoms with Crippen LogP contribution in [0.1, 0.15) is 58.2 Å². The molecule has 3 rings (SSSR count). The van der Waals surface area contributed by atoms with Gasteiger partial charge in [0, 0.05) is 17.4 Å². The van der Waals surface area contributed by atoms with E-state index in [4.69, 9.17) is 9.31 Å². The second kappa shape index (κ2) is 4.06. The number of rotatable bonds is 1. The van der Waals surface area contributed by atoms with Gasteiger partial charge in [-0.3, -0.25) is 4.98 Å². The summed E-state index contributed by atoms with van der Waals surface area (Å²) in [6, 6.07) is 2.22. The topological polar surface area (TPSA) is 31.4 Å². The summed E-state index contributed by atoms with van der Waals surface area (Å²) in [5, 5.41) is 0. The molecule has 0 bridgehead atoms. The fraction of sp³-hybridized carbons (Fsp3) is 0.667. The standard InChI is InChI=1S/C15H22BNO2/c1-10-6-7-11-8-12(9-17-13(10)11)16-18-14(2,3)15(4,5)19-16/h8-10H,6-7H2,1-5H3. The van der Waals surface area contributed by atoms with Gasteiger partial charge in [0.2, 0.25) is 0 Å². The number of pyridine rings is 1. The van der Waals surface area contributed by atoms with Gasteiger partial charge in [-0.2, -0.15) is 0 Å². The predicted octanol–water partition coefficient (Wildman–Crippen LogP) is 2.43. The van der Waals surface area contributed by atoms with Crippen LogP contribution >= 0.6 is 0 Å². The molecule has 1 unspecified atom stereocenters. The monoisotopic (exact) mass is 259 g/mol. The molecule has 1 atom stereocenters. The Hall–Kier alpha value is -0.865. The van der Waals surface area contributed by atoms with Crippen molar-refractivity contribution in [3.63, 3.8) is 0 Å². The molecule has 0 amide bonds. The molecule has 0 saturated carbocycles. The lowest BCUT2D eigenvalue weighted by Crippen LogP contribution is -2.41. The smallest absolute Gasteiger partial charge is 0.399 e. The molecular formula is C15H22BNO2. The third-order valence-electron chi connectivity index (χ3n) is 4.86. The molecule has 1 aromatic heterocycles. The number of hydrogen-bond acceptors (Lipinski definition) is 3. The minimum Gasteiger partial charge on any atom is -0.399 e. The lowest BCUT2D eigenvalue weighted by molar-refractivity contribution is 0.00578. The van der Waals surface area contributed by atoms with Crippen molar-refractivity contribution in [3.8, 4) is 0 Å². The van der Waals surface area contributed by atoms with Crippen LogP contribution in [0.3, 0.4) is 0 Å². The van der Waals surface area contributed by atoms with E-state index in [0.717, 1.165) is 11.9 Å². The summed E-state index contributed by atoms with van der Waals surface area (Å²) in [7, 11) is -0.293. The summed E-state index contributed by atoms with van der Waals surface area (Å²) in [4.78, 5) is 4.62. The molecule has 1 aliphatic heterocycles. The Morgan fingerprint density at radius 3 is 2.47 bits per heavy atom. The molecule has 4 heteroatoms. The van der Waals surface area contributed by atoms with Gasteiger partial charge in [0.1, 0.15) is 0 Å². The summed E-state index contributed by atoms with van der Waals surface area (Å²) >= 11 is 0. The summed E-state index contributed by atoms with van der Waals surface area (Å²) in [6.45, 7) is 10.6. The number of aryl methyl sites for hydroxylation is 1. The zero-order chi connectivity index (χ0) is 13.8. The lowest BCUT2D eigenvalue weighted by Gasteiger charge is -2.32. The Morgan fingerprint density at radius 1 is 1.21 bits per heavy atom. The van der Waals surface area contributed by atoms with E-state index in [0.29, 0.717) is 5.92 Å². The first-order valence-electron chi connectivity index (χ1n) is 7.14. The third-order valence-corrected chi connectivity index (χ3v) is 4.86. The van der Waals surface area contributed by atoms with Gasteiger partial charge < -0.3 is 9.31 Å². The van der Waals surface area contributed by atoms with E-state index in [1.807, 2.05) is 6.20 Å².